The van der Waals surface area contributed by atoms with Crippen molar-refractivity contribution in [3.05, 3.63) is 107 Å². The number of piperidine rings is 1. The molecule has 0 unspecified atom stereocenters. The van der Waals surface area contributed by atoms with Gasteiger partial charge in [0.05, 0.1) is 11.0 Å². The summed E-state index contributed by atoms with van der Waals surface area (Å²) in [5.74, 6) is 0.140. The maximum Gasteiger partial charge on any atom is 0.336 e. The monoisotopic (exact) mass is 453 g/mol. The zero-order valence-corrected chi connectivity index (χ0v) is 19.6. The summed E-state index contributed by atoms with van der Waals surface area (Å²) in [5, 5.41) is 0. The Morgan fingerprint density at radius 1 is 0.824 bits per heavy atom. The van der Waals surface area contributed by atoms with E-state index in [2.05, 4.69) is 65.6 Å². The van der Waals surface area contributed by atoms with Crippen molar-refractivity contribution in [1.82, 2.24) is 14.0 Å². The lowest BCUT2D eigenvalue weighted by molar-refractivity contribution is 0.0935. The maximum atomic E-state index is 13.1. The first kappa shape index (κ1) is 22.4. The number of imidazole rings is 1. The van der Waals surface area contributed by atoms with E-state index in [1.54, 1.807) is 0 Å². The predicted molar refractivity (Wildman–Crippen MR) is 137 cm³/mol. The fraction of sp³-hybridized carbons (Fsp3) is 0.310. The molecule has 0 aliphatic carbocycles. The van der Waals surface area contributed by atoms with Crippen LogP contribution in [0.3, 0.4) is 0 Å². The number of hydrogen-bond acceptors (Lipinski definition) is 3. The molecule has 0 N–H and O–H groups in total. The summed E-state index contributed by atoms with van der Waals surface area (Å²) in [6.07, 6.45) is 2.88. The molecule has 5 rings (SSSR count). The zero-order valence-electron chi connectivity index (χ0n) is 19.6. The molecule has 5 nitrogen and oxygen atoms in total. The highest BCUT2D eigenvalue weighted by Crippen LogP contribution is 2.30. The average Bonchev–Trinajstić information content (AvgIpc) is 3.18. The normalized spacial score (nSPS) is 15.2. The molecule has 0 bridgehead atoms. The molecular formula is C29H31N3O2. The Hall–Kier alpha value is -3.44. The van der Waals surface area contributed by atoms with E-state index in [1.807, 2.05) is 28.8 Å². The number of carbonyl (C=O) groups is 1. The number of likely N-dealkylation sites (tertiary alicyclic amines) is 1. The summed E-state index contributed by atoms with van der Waals surface area (Å²) in [6, 6.07) is 29.2. The Morgan fingerprint density at radius 3 is 1.91 bits per heavy atom. The van der Waals surface area contributed by atoms with Crippen LogP contribution in [0, 0.1) is 0 Å². The predicted octanol–water partition coefficient (Wildman–Crippen LogP) is 5.32. The number of benzene rings is 3. The molecule has 2 heterocycles. The summed E-state index contributed by atoms with van der Waals surface area (Å²) >= 11 is 0. The molecule has 1 aliphatic rings. The summed E-state index contributed by atoms with van der Waals surface area (Å²) in [6.45, 7) is 4.38. The first-order valence-electron chi connectivity index (χ1n) is 12.2. The third-order valence-corrected chi connectivity index (χ3v) is 7.15. The van der Waals surface area contributed by atoms with Crippen molar-refractivity contribution in [3.8, 4) is 0 Å². The third-order valence-electron chi connectivity index (χ3n) is 7.15. The van der Waals surface area contributed by atoms with Crippen molar-refractivity contribution in [2.75, 3.05) is 19.6 Å². The Kier molecular flexibility index (Phi) is 6.45. The molecule has 1 aliphatic heterocycles. The van der Waals surface area contributed by atoms with Gasteiger partial charge in [-0.05, 0) is 49.1 Å². The molecule has 3 aromatic carbocycles. The fourth-order valence-electron chi connectivity index (χ4n) is 5.44. The van der Waals surface area contributed by atoms with Gasteiger partial charge in [-0.1, -0.05) is 72.8 Å². The Balaban J connectivity index is 1.29. The Bertz CT molecular complexity index is 1280. The summed E-state index contributed by atoms with van der Waals surface area (Å²) in [7, 11) is 0. The van der Waals surface area contributed by atoms with Crippen LogP contribution in [0.1, 0.15) is 54.1 Å². The molecule has 4 aromatic rings. The van der Waals surface area contributed by atoms with Crippen molar-refractivity contribution in [1.29, 1.82) is 0 Å². The van der Waals surface area contributed by atoms with Gasteiger partial charge < -0.3 is 4.90 Å². The number of para-hydroxylation sites is 2. The van der Waals surface area contributed by atoms with Gasteiger partial charge in [-0.25, -0.2) is 9.36 Å². The van der Waals surface area contributed by atoms with Crippen LogP contribution < -0.4 is 5.69 Å². The van der Waals surface area contributed by atoms with E-state index in [9.17, 15) is 9.59 Å². The summed E-state index contributed by atoms with van der Waals surface area (Å²) < 4.78 is 3.16. The minimum absolute atomic E-state index is 0.119. The molecule has 1 aromatic heterocycles. The van der Waals surface area contributed by atoms with E-state index >= 15 is 0 Å². The molecule has 0 saturated carbocycles. The molecule has 0 radical (unpaired) electrons. The first-order valence-corrected chi connectivity index (χ1v) is 12.2. The molecule has 0 atom stereocenters. The topological polar surface area (TPSA) is 47.2 Å². The van der Waals surface area contributed by atoms with Gasteiger partial charge in [0.1, 0.15) is 0 Å². The molecule has 0 spiro atoms. The zero-order chi connectivity index (χ0) is 23.5. The number of fused-ring (bicyclic) bond motifs is 1. The van der Waals surface area contributed by atoms with Crippen LogP contribution in [0.2, 0.25) is 0 Å². The minimum atomic E-state index is -0.231. The molecular weight excluding hydrogens is 422 g/mol. The lowest BCUT2D eigenvalue weighted by Crippen LogP contribution is -2.39. The Labute approximate surface area is 200 Å². The van der Waals surface area contributed by atoms with Crippen LogP contribution in [0.4, 0.5) is 0 Å². The number of rotatable bonds is 6. The summed E-state index contributed by atoms with van der Waals surface area (Å²) in [4.78, 5) is 27.8. The highest BCUT2D eigenvalue weighted by molar-refractivity contribution is 5.89. The third kappa shape index (κ3) is 4.36. The Morgan fingerprint density at radius 2 is 1.35 bits per heavy atom. The van der Waals surface area contributed by atoms with Gasteiger partial charge in [0.2, 0.25) is 5.91 Å². The van der Waals surface area contributed by atoms with Crippen LogP contribution in [0.15, 0.2) is 89.7 Å². The highest BCUT2D eigenvalue weighted by Gasteiger charge is 2.26. The quantitative estimate of drug-likeness (QED) is 0.397. The lowest BCUT2D eigenvalue weighted by Gasteiger charge is -2.33. The van der Waals surface area contributed by atoms with Crippen LogP contribution in [0.5, 0.6) is 0 Å². The highest BCUT2D eigenvalue weighted by atomic mass is 16.2. The van der Waals surface area contributed by atoms with Gasteiger partial charge in [0.25, 0.3) is 0 Å². The number of hydrogen-bond donors (Lipinski definition) is 0. The van der Waals surface area contributed by atoms with Crippen molar-refractivity contribution >= 4 is 16.9 Å². The lowest BCUT2D eigenvalue weighted by atomic mass is 9.88. The van der Waals surface area contributed by atoms with Crippen LogP contribution in [0.25, 0.3) is 11.0 Å². The number of aromatic nitrogens is 2. The molecule has 1 saturated heterocycles. The molecule has 174 valence electrons. The van der Waals surface area contributed by atoms with Gasteiger partial charge in [-0.15, -0.1) is 0 Å². The molecule has 0 amide bonds. The fourth-order valence-corrected chi connectivity index (χ4v) is 5.44. The molecule has 34 heavy (non-hydrogen) atoms. The van der Waals surface area contributed by atoms with E-state index in [-0.39, 0.29) is 17.6 Å². The number of nitrogens with zero attached hydrogens (tertiary/aromatic N) is 3. The van der Waals surface area contributed by atoms with Crippen LogP contribution in [-0.4, -0.2) is 39.6 Å². The largest absolute Gasteiger partial charge is 0.336 e. The van der Waals surface area contributed by atoms with E-state index in [0.717, 1.165) is 44.4 Å². The molecule has 1 fully saturated rings. The van der Waals surface area contributed by atoms with Crippen molar-refractivity contribution < 1.29 is 4.79 Å². The van der Waals surface area contributed by atoms with E-state index in [4.69, 9.17) is 0 Å². The SMILES string of the molecule is CC(=O)n1c(=O)n(C2CCN(CCC(c3ccccc3)c3ccccc3)CC2)c2ccccc21. The van der Waals surface area contributed by atoms with Crippen molar-refractivity contribution in [2.45, 2.75) is 38.1 Å². The van der Waals surface area contributed by atoms with Gasteiger partial charge in [-0.2, -0.15) is 0 Å². The minimum Gasteiger partial charge on any atom is -0.303 e. The first-order chi connectivity index (χ1) is 16.6. The standard InChI is InChI=1S/C29H31N3O2/c1-22(33)31-27-14-8-9-15-28(27)32(29(31)34)25-16-19-30(20-17-25)21-18-26(23-10-4-2-5-11-23)24-12-6-3-7-13-24/h2-15,25-26H,16-21H2,1H3. The second-order valence-corrected chi connectivity index (χ2v) is 9.23. The van der Waals surface area contributed by atoms with Gasteiger partial charge in [-0.3, -0.25) is 9.36 Å². The number of carbonyl (C=O) groups excluding carboxylic acids is 1. The van der Waals surface area contributed by atoms with E-state index in [1.165, 1.54) is 22.6 Å². The average molecular weight is 454 g/mol. The second kappa shape index (κ2) is 9.82. The van der Waals surface area contributed by atoms with E-state index in [0.29, 0.717) is 11.4 Å². The second-order valence-electron chi connectivity index (χ2n) is 9.23. The van der Waals surface area contributed by atoms with Crippen molar-refractivity contribution in [2.24, 2.45) is 0 Å². The van der Waals surface area contributed by atoms with Crippen LogP contribution >= 0.6 is 0 Å². The van der Waals surface area contributed by atoms with Gasteiger partial charge in [0, 0.05) is 32.0 Å². The van der Waals surface area contributed by atoms with Crippen LogP contribution in [-0.2, 0) is 0 Å². The van der Waals surface area contributed by atoms with Gasteiger partial charge >= 0.3 is 5.69 Å². The van der Waals surface area contributed by atoms with Crippen molar-refractivity contribution in [3.63, 3.8) is 0 Å². The maximum absolute atomic E-state index is 13.1. The summed E-state index contributed by atoms with van der Waals surface area (Å²) in [5.41, 5.74) is 4.06. The smallest absolute Gasteiger partial charge is 0.303 e. The van der Waals surface area contributed by atoms with Gasteiger partial charge in [0.15, 0.2) is 0 Å². The molecule has 5 heteroatoms. The van der Waals surface area contributed by atoms with E-state index < -0.39 is 0 Å².